The second-order valence-electron chi connectivity index (χ2n) is 3.29. The highest BCUT2D eigenvalue weighted by Crippen LogP contribution is 2.11. The molecule has 1 aromatic carbocycles. The fraction of sp³-hybridized carbons (Fsp3) is 0.364. The molecule has 1 atom stereocenters. The Bertz CT molecular complexity index is 319. The number of rotatable bonds is 4. The number of ether oxygens (including phenoxy) is 1. The Kier molecular flexibility index (Phi) is 6.72. The SMILES string of the molecule is COCC(N)C(=O)N(C)c1ccccc1.Cl. The molecule has 0 spiro atoms. The van der Waals surface area contributed by atoms with E-state index in [1.807, 2.05) is 30.3 Å². The minimum atomic E-state index is -0.611. The Hall–Kier alpha value is -1.10. The van der Waals surface area contributed by atoms with E-state index in [4.69, 9.17) is 10.5 Å². The van der Waals surface area contributed by atoms with E-state index in [1.165, 1.54) is 12.0 Å². The van der Waals surface area contributed by atoms with Gasteiger partial charge in [-0.25, -0.2) is 0 Å². The lowest BCUT2D eigenvalue weighted by Crippen LogP contribution is -2.44. The van der Waals surface area contributed by atoms with Crippen molar-refractivity contribution in [3.8, 4) is 0 Å². The van der Waals surface area contributed by atoms with Gasteiger partial charge in [-0.15, -0.1) is 12.4 Å². The molecule has 1 amide bonds. The lowest BCUT2D eigenvalue weighted by molar-refractivity contribution is -0.120. The van der Waals surface area contributed by atoms with Crippen LogP contribution in [0.2, 0.25) is 0 Å². The summed E-state index contributed by atoms with van der Waals surface area (Å²) in [5.74, 6) is -0.150. The van der Waals surface area contributed by atoms with E-state index < -0.39 is 6.04 Å². The summed E-state index contributed by atoms with van der Waals surface area (Å²) < 4.78 is 4.84. The van der Waals surface area contributed by atoms with Crippen LogP contribution in [0.1, 0.15) is 0 Å². The Morgan fingerprint density at radius 3 is 2.50 bits per heavy atom. The molecule has 1 unspecified atom stereocenters. The third-order valence-electron chi connectivity index (χ3n) is 2.14. The number of nitrogens with two attached hydrogens (primary N) is 1. The fourth-order valence-corrected chi connectivity index (χ4v) is 1.28. The smallest absolute Gasteiger partial charge is 0.246 e. The van der Waals surface area contributed by atoms with Crippen LogP contribution in [-0.4, -0.2) is 32.7 Å². The molecule has 0 aliphatic carbocycles. The highest BCUT2D eigenvalue weighted by atomic mass is 35.5. The topological polar surface area (TPSA) is 55.6 Å². The molecule has 0 saturated carbocycles. The van der Waals surface area contributed by atoms with E-state index in [-0.39, 0.29) is 24.9 Å². The first-order valence-corrected chi connectivity index (χ1v) is 4.74. The van der Waals surface area contributed by atoms with Gasteiger partial charge in [0.05, 0.1) is 6.61 Å². The molecular weight excluding hydrogens is 228 g/mol. The van der Waals surface area contributed by atoms with E-state index in [0.29, 0.717) is 0 Å². The van der Waals surface area contributed by atoms with Gasteiger partial charge >= 0.3 is 0 Å². The van der Waals surface area contributed by atoms with Crippen molar-refractivity contribution in [3.05, 3.63) is 30.3 Å². The normalized spacial score (nSPS) is 11.4. The van der Waals surface area contributed by atoms with Crippen LogP contribution in [0.25, 0.3) is 0 Å². The maximum absolute atomic E-state index is 11.8. The zero-order chi connectivity index (χ0) is 11.3. The number of hydrogen-bond donors (Lipinski definition) is 1. The van der Waals surface area contributed by atoms with Crippen molar-refractivity contribution < 1.29 is 9.53 Å². The Labute approximate surface area is 102 Å². The summed E-state index contributed by atoms with van der Waals surface area (Å²) >= 11 is 0. The van der Waals surface area contributed by atoms with Crippen LogP contribution < -0.4 is 10.6 Å². The summed E-state index contributed by atoms with van der Waals surface area (Å²) in [7, 11) is 3.23. The number of hydrogen-bond acceptors (Lipinski definition) is 3. The van der Waals surface area contributed by atoms with Crippen LogP contribution >= 0.6 is 12.4 Å². The van der Waals surface area contributed by atoms with Crippen LogP contribution in [0.15, 0.2) is 30.3 Å². The number of carbonyl (C=O) groups excluding carboxylic acids is 1. The fourth-order valence-electron chi connectivity index (χ4n) is 1.28. The number of methoxy groups -OCH3 is 1. The molecule has 2 N–H and O–H groups in total. The molecule has 5 heteroatoms. The maximum atomic E-state index is 11.8. The van der Waals surface area contributed by atoms with Crippen molar-refractivity contribution in [3.63, 3.8) is 0 Å². The first-order chi connectivity index (χ1) is 7.16. The zero-order valence-electron chi connectivity index (χ0n) is 9.42. The monoisotopic (exact) mass is 244 g/mol. The zero-order valence-corrected chi connectivity index (χ0v) is 10.2. The molecule has 0 aromatic heterocycles. The highest BCUT2D eigenvalue weighted by molar-refractivity contribution is 5.96. The number of amides is 1. The van der Waals surface area contributed by atoms with Crippen molar-refractivity contribution >= 4 is 24.0 Å². The van der Waals surface area contributed by atoms with Crippen molar-refractivity contribution in [1.29, 1.82) is 0 Å². The van der Waals surface area contributed by atoms with E-state index in [1.54, 1.807) is 7.05 Å². The summed E-state index contributed by atoms with van der Waals surface area (Å²) in [6, 6.07) is 8.76. The second-order valence-corrected chi connectivity index (χ2v) is 3.29. The number of carbonyl (C=O) groups is 1. The van der Waals surface area contributed by atoms with Gasteiger partial charge in [-0.05, 0) is 12.1 Å². The molecule has 0 saturated heterocycles. The highest BCUT2D eigenvalue weighted by Gasteiger charge is 2.18. The van der Waals surface area contributed by atoms with Gasteiger partial charge in [0.2, 0.25) is 5.91 Å². The molecule has 16 heavy (non-hydrogen) atoms. The number of para-hydroxylation sites is 1. The summed E-state index contributed by atoms with van der Waals surface area (Å²) in [6.45, 7) is 0.232. The molecular formula is C11H17ClN2O2. The predicted octanol–water partition coefficient (Wildman–Crippen LogP) is 1.04. The average Bonchev–Trinajstić information content (AvgIpc) is 2.28. The molecule has 4 nitrogen and oxygen atoms in total. The average molecular weight is 245 g/mol. The third-order valence-corrected chi connectivity index (χ3v) is 2.14. The van der Waals surface area contributed by atoms with Crippen molar-refractivity contribution in [2.24, 2.45) is 5.73 Å². The molecule has 90 valence electrons. The van der Waals surface area contributed by atoms with Gasteiger partial charge in [-0.2, -0.15) is 0 Å². The number of halogens is 1. The summed E-state index contributed by atoms with van der Waals surface area (Å²) in [6.07, 6.45) is 0. The minimum absolute atomic E-state index is 0. The van der Waals surface area contributed by atoms with Gasteiger partial charge in [0, 0.05) is 19.8 Å². The standard InChI is InChI=1S/C11H16N2O2.ClH/c1-13(9-6-4-3-5-7-9)11(14)10(12)8-15-2;/h3-7,10H,8,12H2,1-2H3;1H. The van der Waals surface area contributed by atoms with Crippen LogP contribution in [0.4, 0.5) is 5.69 Å². The lowest BCUT2D eigenvalue weighted by atomic mass is 10.2. The molecule has 0 aliphatic rings. The molecule has 0 fully saturated rings. The maximum Gasteiger partial charge on any atom is 0.246 e. The largest absolute Gasteiger partial charge is 0.383 e. The van der Waals surface area contributed by atoms with Gasteiger partial charge in [0.25, 0.3) is 0 Å². The van der Waals surface area contributed by atoms with E-state index in [0.717, 1.165) is 5.69 Å². The Morgan fingerprint density at radius 1 is 1.44 bits per heavy atom. The van der Waals surface area contributed by atoms with Crippen molar-refractivity contribution in [2.45, 2.75) is 6.04 Å². The number of anilines is 1. The van der Waals surface area contributed by atoms with Gasteiger partial charge in [0.1, 0.15) is 6.04 Å². The molecule has 0 bridgehead atoms. The number of nitrogens with zero attached hydrogens (tertiary/aromatic N) is 1. The molecule has 0 radical (unpaired) electrons. The van der Waals surface area contributed by atoms with Crippen molar-refractivity contribution in [2.75, 3.05) is 25.7 Å². The third kappa shape index (κ3) is 3.81. The van der Waals surface area contributed by atoms with Crippen LogP contribution in [0.5, 0.6) is 0 Å². The second kappa shape index (κ2) is 7.22. The van der Waals surface area contributed by atoms with Crippen LogP contribution in [0, 0.1) is 0 Å². The quantitative estimate of drug-likeness (QED) is 0.861. The summed E-state index contributed by atoms with van der Waals surface area (Å²) in [5, 5.41) is 0. The van der Waals surface area contributed by atoms with E-state index >= 15 is 0 Å². The molecule has 0 heterocycles. The Morgan fingerprint density at radius 2 is 2.00 bits per heavy atom. The summed E-state index contributed by atoms with van der Waals surface area (Å²) in [4.78, 5) is 13.3. The minimum Gasteiger partial charge on any atom is -0.383 e. The Balaban J connectivity index is 0.00000225. The first kappa shape index (κ1) is 14.9. The number of benzene rings is 1. The lowest BCUT2D eigenvalue weighted by Gasteiger charge is -2.20. The number of likely N-dealkylation sites (N-methyl/N-ethyl adjacent to an activating group) is 1. The molecule has 1 rings (SSSR count). The van der Waals surface area contributed by atoms with Gasteiger partial charge in [-0.3, -0.25) is 4.79 Å². The van der Waals surface area contributed by atoms with Gasteiger partial charge < -0.3 is 15.4 Å². The van der Waals surface area contributed by atoms with Crippen molar-refractivity contribution in [1.82, 2.24) is 0 Å². The predicted molar refractivity (Wildman–Crippen MR) is 67.0 cm³/mol. The molecule has 1 aromatic rings. The molecule has 0 aliphatic heterocycles. The van der Waals surface area contributed by atoms with Crippen LogP contribution in [0.3, 0.4) is 0 Å². The first-order valence-electron chi connectivity index (χ1n) is 4.74. The van der Waals surface area contributed by atoms with Crippen LogP contribution in [-0.2, 0) is 9.53 Å². The summed E-state index contributed by atoms with van der Waals surface area (Å²) in [5.41, 5.74) is 6.48. The van der Waals surface area contributed by atoms with Gasteiger partial charge in [0.15, 0.2) is 0 Å². The van der Waals surface area contributed by atoms with E-state index in [9.17, 15) is 4.79 Å². The van der Waals surface area contributed by atoms with E-state index in [2.05, 4.69) is 0 Å². The van der Waals surface area contributed by atoms with Gasteiger partial charge in [-0.1, -0.05) is 18.2 Å².